The van der Waals surface area contributed by atoms with Crippen LogP contribution >= 0.6 is 0 Å². The minimum atomic E-state index is -0.624. The molecule has 4 N–H and O–H groups in total. The Hall–Kier alpha value is -3.39. The smallest absolute Gasteiger partial charge is 0.243 e. The van der Waals surface area contributed by atoms with Gasteiger partial charge in [-0.05, 0) is 48.2 Å². The van der Waals surface area contributed by atoms with Crippen LogP contribution in [0.4, 0.5) is 0 Å². The van der Waals surface area contributed by atoms with Crippen LogP contribution in [0.1, 0.15) is 29.3 Å². The van der Waals surface area contributed by atoms with Crippen LogP contribution in [0.3, 0.4) is 0 Å². The molecule has 0 radical (unpaired) electrons. The fraction of sp³-hybridized carbons (Fsp3) is 0.348. The van der Waals surface area contributed by atoms with Crippen molar-refractivity contribution in [3.05, 3.63) is 59.4 Å². The molecule has 1 saturated heterocycles. The first-order valence-electron chi connectivity index (χ1n) is 10.5. The van der Waals surface area contributed by atoms with Gasteiger partial charge < -0.3 is 25.4 Å². The number of aliphatic hydroxyl groups is 1. The van der Waals surface area contributed by atoms with Gasteiger partial charge in [0.2, 0.25) is 11.8 Å². The number of hydrogen-bond acceptors (Lipinski definition) is 5. The Bertz CT molecular complexity index is 1140. The molecule has 0 aliphatic carbocycles. The highest BCUT2D eigenvalue weighted by atomic mass is 16.3. The molecule has 3 unspecified atom stereocenters. The number of carbonyl (C=O) groups is 2. The molecule has 3 atom stereocenters. The van der Waals surface area contributed by atoms with E-state index in [9.17, 15) is 19.8 Å². The number of hydrogen-bond donors (Lipinski definition) is 4. The number of aromatic nitrogens is 2. The van der Waals surface area contributed by atoms with E-state index in [1.807, 2.05) is 24.3 Å². The van der Waals surface area contributed by atoms with Crippen molar-refractivity contribution in [1.82, 2.24) is 20.2 Å². The van der Waals surface area contributed by atoms with E-state index in [0.717, 1.165) is 27.9 Å². The number of aromatic hydroxyl groups is 1. The van der Waals surface area contributed by atoms with Gasteiger partial charge in [0.05, 0.1) is 18.6 Å². The number of nitrogens with one attached hydrogen (secondary N) is 2. The van der Waals surface area contributed by atoms with Crippen molar-refractivity contribution in [2.45, 2.75) is 31.3 Å². The van der Waals surface area contributed by atoms with E-state index >= 15 is 0 Å². The van der Waals surface area contributed by atoms with Gasteiger partial charge in [0.25, 0.3) is 0 Å². The molecule has 2 aliphatic rings. The minimum absolute atomic E-state index is 0.177. The molecule has 31 heavy (non-hydrogen) atoms. The van der Waals surface area contributed by atoms with E-state index < -0.39 is 12.0 Å². The first-order chi connectivity index (χ1) is 15.1. The van der Waals surface area contributed by atoms with Gasteiger partial charge >= 0.3 is 0 Å². The first-order valence-corrected chi connectivity index (χ1v) is 10.5. The van der Waals surface area contributed by atoms with Crippen molar-refractivity contribution in [2.75, 3.05) is 13.2 Å². The zero-order chi connectivity index (χ0) is 21.5. The van der Waals surface area contributed by atoms with Crippen molar-refractivity contribution in [3.63, 3.8) is 0 Å². The van der Waals surface area contributed by atoms with Crippen LogP contribution in [-0.2, 0) is 22.4 Å². The predicted molar refractivity (Wildman–Crippen MR) is 113 cm³/mol. The van der Waals surface area contributed by atoms with E-state index in [2.05, 4.69) is 15.3 Å². The second-order valence-electron chi connectivity index (χ2n) is 8.22. The number of phenolic OH excluding ortho intramolecular Hbond substituents is 1. The van der Waals surface area contributed by atoms with Gasteiger partial charge in [-0.25, -0.2) is 4.98 Å². The summed E-state index contributed by atoms with van der Waals surface area (Å²) in [7, 11) is 0. The Labute approximate surface area is 178 Å². The third-order valence-electron chi connectivity index (χ3n) is 6.40. The van der Waals surface area contributed by atoms with Crippen LogP contribution in [0.5, 0.6) is 5.75 Å². The third kappa shape index (κ3) is 3.33. The number of carbonyl (C=O) groups excluding carboxylic acids is 2. The molecular weight excluding hydrogens is 396 g/mol. The summed E-state index contributed by atoms with van der Waals surface area (Å²) in [6.45, 7) is 0.202. The highest BCUT2D eigenvalue weighted by Crippen LogP contribution is 2.44. The van der Waals surface area contributed by atoms with E-state index in [-0.39, 0.29) is 30.2 Å². The maximum Gasteiger partial charge on any atom is 0.243 e. The largest absolute Gasteiger partial charge is 0.508 e. The fourth-order valence-electron chi connectivity index (χ4n) is 4.85. The second kappa shape index (κ2) is 7.70. The summed E-state index contributed by atoms with van der Waals surface area (Å²) in [5, 5.41) is 23.0. The molecule has 1 fully saturated rings. The van der Waals surface area contributed by atoms with Crippen molar-refractivity contribution < 1.29 is 19.8 Å². The predicted octanol–water partition coefficient (Wildman–Crippen LogP) is 1.43. The summed E-state index contributed by atoms with van der Waals surface area (Å²) < 4.78 is 0. The summed E-state index contributed by atoms with van der Waals surface area (Å²) in [4.78, 5) is 35.5. The second-order valence-corrected chi connectivity index (χ2v) is 8.22. The Morgan fingerprint density at radius 2 is 2.06 bits per heavy atom. The van der Waals surface area contributed by atoms with E-state index in [1.54, 1.807) is 23.2 Å². The number of amides is 2. The number of rotatable bonds is 5. The van der Waals surface area contributed by atoms with Crippen LogP contribution in [0.15, 0.2) is 42.6 Å². The van der Waals surface area contributed by atoms with Crippen molar-refractivity contribution in [3.8, 4) is 5.75 Å². The molecule has 8 heteroatoms. The lowest BCUT2D eigenvalue weighted by Crippen LogP contribution is -2.52. The SMILES string of the molecule is O=C(NCCc1ccc(O)cc1)C1Cc2c([nH]c3ncccc23)C2CC(CO)C(=O)N12. The standard InChI is InChI=1S/C23H24N4O4/c28-12-14-10-18-20-17(16-2-1-8-24-21(16)26-20)11-19(27(18)23(14)31)22(30)25-9-7-13-3-5-15(29)6-4-13/h1-6,8,14,18-19,28-29H,7,9-12H2,(H,24,26)(H,25,30). The fourth-order valence-corrected chi connectivity index (χ4v) is 4.85. The van der Waals surface area contributed by atoms with Crippen molar-refractivity contribution in [2.24, 2.45) is 5.92 Å². The highest BCUT2D eigenvalue weighted by Gasteiger charge is 2.49. The van der Waals surface area contributed by atoms with Gasteiger partial charge in [0.15, 0.2) is 0 Å². The number of nitrogens with zero attached hydrogens (tertiary/aromatic N) is 2. The number of H-pyrrole nitrogens is 1. The summed E-state index contributed by atoms with van der Waals surface area (Å²) in [6.07, 6.45) is 3.22. The molecule has 8 nitrogen and oxygen atoms in total. The topological polar surface area (TPSA) is 119 Å². The Balaban J connectivity index is 1.40. The number of phenols is 1. The molecule has 4 heterocycles. The zero-order valence-corrected chi connectivity index (χ0v) is 16.9. The monoisotopic (exact) mass is 420 g/mol. The Morgan fingerprint density at radius 3 is 2.84 bits per heavy atom. The molecule has 5 rings (SSSR count). The average molecular weight is 420 g/mol. The van der Waals surface area contributed by atoms with Crippen LogP contribution in [-0.4, -0.2) is 56.1 Å². The number of pyridine rings is 1. The maximum absolute atomic E-state index is 13.2. The molecule has 2 amide bonds. The van der Waals surface area contributed by atoms with Crippen molar-refractivity contribution >= 4 is 22.8 Å². The van der Waals surface area contributed by atoms with E-state index in [1.165, 1.54) is 0 Å². The Morgan fingerprint density at radius 1 is 1.26 bits per heavy atom. The molecule has 0 spiro atoms. The van der Waals surface area contributed by atoms with Gasteiger partial charge in [0.1, 0.15) is 17.4 Å². The van der Waals surface area contributed by atoms with Crippen LogP contribution < -0.4 is 5.32 Å². The normalized spacial score (nSPS) is 22.4. The number of aliphatic hydroxyl groups excluding tert-OH is 1. The molecule has 0 saturated carbocycles. The van der Waals surface area contributed by atoms with Crippen LogP contribution in [0, 0.1) is 5.92 Å². The first kappa shape index (κ1) is 19.6. The lowest BCUT2D eigenvalue weighted by atomic mass is 9.91. The maximum atomic E-state index is 13.2. The summed E-state index contributed by atoms with van der Waals surface area (Å²) in [6, 6.07) is 9.83. The summed E-state index contributed by atoms with van der Waals surface area (Å²) in [5.41, 5.74) is 3.70. The average Bonchev–Trinajstić information content (AvgIpc) is 3.32. The minimum Gasteiger partial charge on any atom is -0.508 e. The highest BCUT2D eigenvalue weighted by molar-refractivity contribution is 5.93. The molecule has 0 bridgehead atoms. The number of benzene rings is 1. The molecule has 1 aromatic carbocycles. The van der Waals surface area contributed by atoms with E-state index in [4.69, 9.17) is 0 Å². The molecular formula is C23H24N4O4. The van der Waals surface area contributed by atoms with Gasteiger partial charge in [-0.2, -0.15) is 0 Å². The number of aromatic amines is 1. The quantitative estimate of drug-likeness (QED) is 0.498. The number of fused-ring (bicyclic) bond motifs is 5. The van der Waals surface area contributed by atoms with Gasteiger partial charge in [0, 0.05) is 30.2 Å². The Kier molecular flexibility index (Phi) is 4.86. The molecule has 160 valence electrons. The zero-order valence-electron chi connectivity index (χ0n) is 16.9. The molecule has 2 aromatic heterocycles. The van der Waals surface area contributed by atoms with Gasteiger partial charge in [-0.15, -0.1) is 0 Å². The molecule has 2 aliphatic heterocycles. The van der Waals surface area contributed by atoms with Gasteiger partial charge in [-0.1, -0.05) is 12.1 Å². The lowest BCUT2D eigenvalue weighted by Gasteiger charge is -2.36. The third-order valence-corrected chi connectivity index (χ3v) is 6.40. The van der Waals surface area contributed by atoms with Gasteiger partial charge in [-0.3, -0.25) is 9.59 Å². The molecule has 3 aromatic rings. The van der Waals surface area contributed by atoms with Crippen LogP contribution in [0.2, 0.25) is 0 Å². The van der Waals surface area contributed by atoms with Crippen LogP contribution in [0.25, 0.3) is 11.0 Å². The lowest BCUT2D eigenvalue weighted by molar-refractivity contribution is -0.142. The van der Waals surface area contributed by atoms with Crippen molar-refractivity contribution in [1.29, 1.82) is 0 Å². The van der Waals surface area contributed by atoms with E-state index in [0.29, 0.717) is 25.8 Å². The summed E-state index contributed by atoms with van der Waals surface area (Å²) in [5.74, 6) is -0.665. The summed E-state index contributed by atoms with van der Waals surface area (Å²) >= 11 is 0.